The van der Waals surface area contributed by atoms with Crippen LogP contribution in [0.4, 0.5) is 29.3 Å². The molecule has 1 aliphatic heterocycles. The molecule has 0 atom stereocenters. The Morgan fingerprint density at radius 2 is 1.92 bits per heavy atom. The summed E-state index contributed by atoms with van der Waals surface area (Å²) in [6, 6.07) is 3.65. The zero-order chi connectivity index (χ0) is 17.6. The van der Waals surface area contributed by atoms with Crippen LogP contribution in [-0.2, 0) is 10.9 Å². The molecule has 0 saturated carbocycles. The molecule has 0 bridgehead atoms. The third-order valence-electron chi connectivity index (χ3n) is 3.94. The van der Waals surface area contributed by atoms with Crippen LogP contribution in [0.15, 0.2) is 18.2 Å². The quantitative estimate of drug-likeness (QED) is 0.761. The SMILES string of the molecule is CCCCOC(=O)Nc1cc(N2CCCCC2)cc(C(F)(F)F)c1. The standard InChI is InChI=1S/C17H23F3N2O2/c1-2-3-9-24-16(23)21-14-10-13(17(18,19)20)11-15(12-14)22-7-5-4-6-8-22/h10-12H,2-9H2,1H3,(H,21,23). The van der Waals surface area contributed by atoms with Crippen LogP contribution in [0.1, 0.15) is 44.6 Å². The molecule has 1 fully saturated rings. The zero-order valence-corrected chi connectivity index (χ0v) is 13.8. The van der Waals surface area contributed by atoms with Gasteiger partial charge in [0.1, 0.15) is 0 Å². The van der Waals surface area contributed by atoms with Crippen LogP contribution in [0, 0.1) is 0 Å². The Kier molecular flexibility index (Phi) is 6.34. The molecule has 1 aromatic carbocycles. The van der Waals surface area contributed by atoms with Gasteiger partial charge >= 0.3 is 12.3 Å². The fraction of sp³-hybridized carbons (Fsp3) is 0.588. The Morgan fingerprint density at radius 3 is 2.54 bits per heavy atom. The van der Waals surface area contributed by atoms with E-state index in [2.05, 4.69) is 5.32 Å². The average molecular weight is 344 g/mol. The van der Waals surface area contributed by atoms with Gasteiger partial charge in [-0.2, -0.15) is 13.2 Å². The fourth-order valence-electron chi connectivity index (χ4n) is 2.64. The lowest BCUT2D eigenvalue weighted by Crippen LogP contribution is -2.29. The van der Waals surface area contributed by atoms with Crippen LogP contribution in [0.3, 0.4) is 0 Å². The zero-order valence-electron chi connectivity index (χ0n) is 13.8. The Morgan fingerprint density at radius 1 is 1.21 bits per heavy atom. The summed E-state index contributed by atoms with van der Waals surface area (Å²) in [5, 5.41) is 2.40. The highest BCUT2D eigenvalue weighted by Gasteiger charge is 2.32. The molecule has 1 aliphatic rings. The Balaban J connectivity index is 2.18. The number of piperidine rings is 1. The number of nitrogens with zero attached hydrogens (tertiary/aromatic N) is 1. The molecule has 1 heterocycles. The molecule has 1 saturated heterocycles. The predicted molar refractivity (Wildman–Crippen MR) is 87.4 cm³/mol. The number of alkyl halides is 3. The molecule has 4 nitrogen and oxygen atoms in total. The summed E-state index contributed by atoms with van der Waals surface area (Å²) in [7, 11) is 0. The van der Waals surface area contributed by atoms with Crippen LogP contribution in [0.2, 0.25) is 0 Å². The summed E-state index contributed by atoms with van der Waals surface area (Å²) in [5.41, 5.74) is -0.185. The van der Waals surface area contributed by atoms with Crippen molar-refractivity contribution in [3.8, 4) is 0 Å². The average Bonchev–Trinajstić information content (AvgIpc) is 2.55. The van der Waals surface area contributed by atoms with Crippen molar-refractivity contribution < 1.29 is 22.7 Å². The van der Waals surface area contributed by atoms with E-state index in [9.17, 15) is 18.0 Å². The molecule has 0 radical (unpaired) electrons. The van der Waals surface area contributed by atoms with Crippen LogP contribution >= 0.6 is 0 Å². The van der Waals surface area contributed by atoms with Gasteiger partial charge in [-0.05, 0) is 43.9 Å². The highest BCUT2D eigenvalue weighted by atomic mass is 19.4. The van der Waals surface area contributed by atoms with E-state index in [1.54, 1.807) is 6.07 Å². The van der Waals surface area contributed by atoms with Gasteiger partial charge in [0.25, 0.3) is 0 Å². The summed E-state index contributed by atoms with van der Waals surface area (Å²) >= 11 is 0. The van der Waals surface area contributed by atoms with Crippen molar-refractivity contribution in [3.05, 3.63) is 23.8 Å². The van der Waals surface area contributed by atoms with Gasteiger partial charge in [-0.15, -0.1) is 0 Å². The number of unbranched alkanes of at least 4 members (excludes halogenated alkanes) is 1. The number of hydrogen-bond donors (Lipinski definition) is 1. The second kappa shape index (κ2) is 8.26. The molecule has 1 amide bonds. The van der Waals surface area contributed by atoms with E-state index >= 15 is 0 Å². The van der Waals surface area contributed by atoms with Crippen LogP contribution in [-0.4, -0.2) is 25.8 Å². The molecule has 1 N–H and O–H groups in total. The first-order valence-electron chi connectivity index (χ1n) is 8.31. The van der Waals surface area contributed by atoms with Crippen LogP contribution in [0.25, 0.3) is 0 Å². The van der Waals surface area contributed by atoms with Crippen molar-refractivity contribution in [2.24, 2.45) is 0 Å². The van der Waals surface area contributed by atoms with E-state index in [0.717, 1.165) is 57.3 Å². The number of halogens is 3. The van der Waals surface area contributed by atoms with Crippen molar-refractivity contribution in [2.45, 2.75) is 45.2 Å². The molecule has 1 aromatic rings. The lowest BCUT2D eigenvalue weighted by molar-refractivity contribution is -0.137. The third-order valence-corrected chi connectivity index (χ3v) is 3.94. The van der Waals surface area contributed by atoms with E-state index in [1.165, 1.54) is 0 Å². The van der Waals surface area contributed by atoms with E-state index in [1.807, 2.05) is 11.8 Å². The number of hydrogen-bond acceptors (Lipinski definition) is 3. The van der Waals surface area contributed by atoms with Crippen molar-refractivity contribution in [3.63, 3.8) is 0 Å². The molecule has 2 rings (SSSR count). The molecule has 24 heavy (non-hydrogen) atoms. The van der Waals surface area contributed by atoms with E-state index in [0.29, 0.717) is 5.69 Å². The Hall–Kier alpha value is -1.92. The second-order valence-electron chi connectivity index (χ2n) is 5.93. The molecule has 0 aromatic heterocycles. The van der Waals surface area contributed by atoms with Crippen molar-refractivity contribution in [2.75, 3.05) is 29.9 Å². The van der Waals surface area contributed by atoms with Crippen LogP contribution < -0.4 is 10.2 Å². The van der Waals surface area contributed by atoms with Gasteiger partial charge in [-0.25, -0.2) is 4.79 Å². The highest BCUT2D eigenvalue weighted by Crippen LogP contribution is 2.35. The highest BCUT2D eigenvalue weighted by molar-refractivity contribution is 5.85. The first-order valence-corrected chi connectivity index (χ1v) is 8.31. The van der Waals surface area contributed by atoms with Crippen molar-refractivity contribution >= 4 is 17.5 Å². The minimum atomic E-state index is -4.46. The number of rotatable bonds is 5. The maximum Gasteiger partial charge on any atom is 0.416 e. The normalized spacial score (nSPS) is 15.2. The van der Waals surface area contributed by atoms with Gasteiger partial charge in [0.15, 0.2) is 0 Å². The van der Waals surface area contributed by atoms with Crippen LogP contribution in [0.5, 0.6) is 0 Å². The lowest BCUT2D eigenvalue weighted by Gasteiger charge is -2.29. The molecule has 134 valence electrons. The first kappa shape index (κ1) is 18.4. The monoisotopic (exact) mass is 344 g/mol. The van der Waals surface area contributed by atoms with Crippen molar-refractivity contribution in [1.82, 2.24) is 0 Å². The van der Waals surface area contributed by atoms with E-state index in [-0.39, 0.29) is 12.3 Å². The number of carbonyl (C=O) groups is 1. The number of carbonyl (C=O) groups excluding carboxylic acids is 1. The van der Waals surface area contributed by atoms with E-state index in [4.69, 9.17) is 4.74 Å². The fourth-order valence-corrected chi connectivity index (χ4v) is 2.64. The van der Waals surface area contributed by atoms with Gasteiger partial charge in [0.05, 0.1) is 12.2 Å². The lowest BCUT2D eigenvalue weighted by atomic mass is 10.1. The first-order chi connectivity index (χ1) is 11.4. The minimum absolute atomic E-state index is 0.104. The number of ether oxygens (including phenoxy) is 1. The molecule has 0 unspecified atom stereocenters. The minimum Gasteiger partial charge on any atom is -0.449 e. The van der Waals surface area contributed by atoms with Crippen molar-refractivity contribution in [1.29, 1.82) is 0 Å². The van der Waals surface area contributed by atoms with Gasteiger partial charge < -0.3 is 9.64 Å². The molecule has 7 heteroatoms. The smallest absolute Gasteiger partial charge is 0.416 e. The predicted octanol–water partition coefficient (Wildman–Crippen LogP) is 5.04. The summed E-state index contributed by atoms with van der Waals surface area (Å²) < 4.78 is 44.4. The van der Waals surface area contributed by atoms with E-state index < -0.39 is 17.8 Å². The molecular weight excluding hydrogens is 321 g/mol. The number of nitrogens with one attached hydrogen (secondary N) is 1. The third kappa shape index (κ3) is 5.32. The van der Waals surface area contributed by atoms with Gasteiger partial charge in [-0.3, -0.25) is 5.32 Å². The maximum atomic E-state index is 13.1. The summed E-state index contributed by atoms with van der Waals surface area (Å²) in [5.74, 6) is 0. The Labute approximate surface area is 140 Å². The summed E-state index contributed by atoms with van der Waals surface area (Å²) in [6.07, 6.45) is -0.605. The second-order valence-corrected chi connectivity index (χ2v) is 5.93. The number of benzene rings is 1. The van der Waals surface area contributed by atoms with Gasteiger partial charge in [0, 0.05) is 24.5 Å². The topological polar surface area (TPSA) is 41.6 Å². The summed E-state index contributed by atoms with van der Waals surface area (Å²) in [4.78, 5) is 13.6. The maximum absolute atomic E-state index is 13.1. The largest absolute Gasteiger partial charge is 0.449 e. The molecule has 0 spiro atoms. The number of amides is 1. The summed E-state index contributed by atoms with van der Waals surface area (Å²) in [6.45, 7) is 3.66. The molecule has 0 aliphatic carbocycles. The Bertz CT molecular complexity index is 555. The van der Waals surface area contributed by atoms with Gasteiger partial charge in [0.2, 0.25) is 0 Å². The number of anilines is 2. The molecular formula is C17H23F3N2O2. The van der Waals surface area contributed by atoms with Gasteiger partial charge in [-0.1, -0.05) is 13.3 Å².